The SMILES string of the molecule is CCN(CC)c1ccc(N(C(=O)OC(C)(C)C)C(Oc2ccc(C(=O)OC)cc2)C(=O)Nc2ccc(Cl)cc2Cl)cc1. The molecule has 0 bridgehead atoms. The second-order valence-corrected chi connectivity index (χ2v) is 11.0. The maximum Gasteiger partial charge on any atom is 0.418 e. The summed E-state index contributed by atoms with van der Waals surface area (Å²) in [6.45, 7) is 10.9. The van der Waals surface area contributed by atoms with Crippen LogP contribution in [0.2, 0.25) is 10.0 Å². The van der Waals surface area contributed by atoms with Crippen molar-refractivity contribution < 1.29 is 28.6 Å². The van der Waals surface area contributed by atoms with Crippen molar-refractivity contribution in [2.75, 3.05) is 35.3 Å². The molecule has 0 saturated carbocycles. The number of nitrogens with zero attached hydrogens (tertiary/aromatic N) is 2. The molecule has 0 spiro atoms. The van der Waals surface area contributed by atoms with Gasteiger partial charge in [-0.1, -0.05) is 23.2 Å². The standard InChI is InChI=1S/C31H35Cl2N3O6/c1-7-35(8-2)22-12-14-23(15-13-22)36(30(39)42-31(3,4)5)28(27(37)34-26-18-11-21(32)19-25(26)33)41-24-16-9-20(10-17-24)29(38)40-6/h9-19,28H,7-8H2,1-6H3,(H,34,37). The summed E-state index contributed by atoms with van der Waals surface area (Å²) in [5.41, 5.74) is 0.977. The van der Waals surface area contributed by atoms with E-state index in [1.165, 1.54) is 37.4 Å². The lowest BCUT2D eigenvalue weighted by Gasteiger charge is -2.33. The maximum absolute atomic E-state index is 13.9. The number of esters is 1. The average molecular weight is 617 g/mol. The van der Waals surface area contributed by atoms with E-state index in [1.807, 2.05) is 26.0 Å². The highest BCUT2D eigenvalue weighted by atomic mass is 35.5. The van der Waals surface area contributed by atoms with Crippen molar-refractivity contribution in [2.24, 2.45) is 0 Å². The molecule has 3 rings (SSSR count). The van der Waals surface area contributed by atoms with E-state index >= 15 is 0 Å². The lowest BCUT2D eigenvalue weighted by molar-refractivity contribution is -0.122. The summed E-state index contributed by atoms with van der Waals surface area (Å²) in [6, 6.07) is 17.7. The topological polar surface area (TPSA) is 97.4 Å². The second kappa shape index (κ2) is 14.3. The van der Waals surface area contributed by atoms with Crippen LogP contribution in [0.15, 0.2) is 66.7 Å². The summed E-state index contributed by atoms with van der Waals surface area (Å²) in [5, 5.41) is 3.31. The number of hydrogen-bond donors (Lipinski definition) is 1. The van der Waals surface area contributed by atoms with Gasteiger partial charge in [-0.2, -0.15) is 0 Å². The minimum absolute atomic E-state index is 0.199. The van der Waals surface area contributed by atoms with Crippen molar-refractivity contribution >= 4 is 58.2 Å². The molecule has 3 aromatic rings. The normalized spacial score (nSPS) is 11.7. The number of nitrogens with one attached hydrogen (secondary N) is 1. The van der Waals surface area contributed by atoms with Gasteiger partial charge in [0.2, 0.25) is 0 Å². The third-order valence-corrected chi connectivity index (χ3v) is 6.57. The van der Waals surface area contributed by atoms with Gasteiger partial charge in [-0.25, -0.2) is 14.5 Å². The first kappa shape index (κ1) is 32.6. The summed E-state index contributed by atoms with van der Waals surface area (Å²) < 4.78 is 16.6. The Hall–Kier alpha value is -3.95. The smallest absolute Gasteiger partial charge is 0.418 e. The van der Waals surface area contributed by atoms with E-state index in [0.717, 1.165) is 23.7 Å². The molecule has 1 atom stereocenters. The second-order valence-electron chi connectivity index (χ2n) is 10.1. The fraction of sp³-hybridized carbons (Fsp3) is 0.323. The van der Waals surface area contributed by atoms with Crippen LogP contribution in [-0.4, -0.2) is 50.0 Å². The van der Waals surface area contributed by atoms with Crippen molar-refractivity contribution in [3.63, 3.8) is 0 Å². The third kappa shape index (κ3) is 8.53. The summed E-state index contributed by atoms with van der Waals surface area (Å²) >= 11 is 12.4. The summed E-state index contributed by atoms with van der Waals surface area (Å²) in [4.78, 5) is 42.8. The van der Waals surface area contributed by atoms with E-state index in [9.17, 15) is 14.4 Å². The van der Waals surface area contributed by atoms with Gasteiger partial charge < -0.3 is 24.4 Å². The number of hydrogen-bond acceptors (Lipinski definition) is 7. The van der Waals surface area contributed by atoms with Gasteiger partial charge in [-0.15, -0.1) is 0 Å². The number of benzene rings is 3. The molecule has 1 N–H and O–H groups in total. The monoisotopic (exact) mass is 615 g/mol. The van der Waals surface area contributed by atoms with Gasteiger partial charge in [-0.3, -0.25) is 4.79 Å². The quantitative estimate of drug-likeness (QED) is 0.187. The fourth-order valence-corrected chi connectivity index (χ4v) is 4.44. The van der Waals surface area contributed by atoms with Crippen LogP contribution in [0.25, 0.3) is 0 Å². The zero-order valence-corrected chi connectivity index (χ0v) is 26.0. The Morgan fingerprint density at radius 2 is 1.48 bits per heavy atom. The van der Waals surface area contributed by atoms with Crippen molar-refractivity contribution in [3.8, 4) is 5.75 Å². The molecule has 0 aliphatic rings. The molecule has 2 amide bonds. The van der Waals surface area contributed by atoms with E-state index in [4.69, 9.17) is 37.4 Å². The first-order valence-electron chi connectivity index (χ1n) is 13.3. The Balaban J connectivity index is 2.10. The molecule has 224 valence electrons. The Morgan fingerprint density at radius 1 is 0.881 bits per heavy atom. The number of rotatable bonds is 10. The fourth-order valence-electron chi connectivity index (χ4n) is 3.99. The largest absolute Gasteiger partial charge is 0.465 e. The molecule has 0 aromatic heterocycles. The predicted octanol–water partition coefficient (Wildman–Crippen LogP) is 7.41. The van der Waals surface area contributed by atoms with Crippen molar-refractivity contribution in [1.82, 2.24) is 0 Å². The van der Waals surface area contributed by atoms with Crippen LogP contribution in [-0.2, 0) is 14.3 Å². The zero-order valence-electron chi connectivity index (χ0n) is 24.4. The minimum atomic E-state index is -1.56. The Kier molecular flexibility index (Phi) is 11.1. The van der Waals surface area contributed by atoms with E-state index in [1.54, 1.807) is 45.0 Å². The maximum atomic E-state index is 13.9. The van der Waals surface area contributed by atoms with Crippen LogP contribution >= 0.6 is 23.2 Å². The van der Waals surface area contributed by atoms with Crippen LogP contribution in [0.3, 0.4) is 0 Å². The summed E-state index contributed by atoms with van der Waals surface area (Å²) in [6.07, 6.45) is -2.37. The first-order valence-corrected chi connectivity index (χ1v) is 14.1. The number of carbonyl (C=O) groups is 3. The van der Waals surface area contributed by atoms with Gasteiger partial charge in [-0.05, 0) is 101 Å². The third-order valence-electron chi connectivity index (χ3n) is 6.02. The van der Waals surface area contributed by atoms with E-state index in [2.05, 4.69) is 10.2 Å². The van der Waals surface area contributed by atoms with Crippen molar-refractivity contribution in [1.29, 1.82) is 0 Å². The van der Waals surface area contributed by atoms with Gasteiger partial charge in [0.15, 0.2) is 0 Å². The van der Waals surface area contributed by atoms with Gasteiger partial charge in [0, 0.05) is 23.8 Å². The molecule has 1 unspecified atom stereocenters. The highest BCUT2D eigenvalue weighted by molar-refractivity contribution is 6.36. The number of methoxy groups -OCH3 is 1. The zero-order chi connectivity index (χ0) is 31.0. The van der Waals surface area contributed by atoms with E-state index < -0.39 is 29.8 Å². The molecule has 0 fully saturated rings. The summed E-state index contributed by atoms with van der Waals surface area (Å²) in [7, 11) is 1.28. The highest BCUT2D eigenvalue weighted by Crippen LogP contribution is 2.29. The van der Waals surface area contributed by atoms with Crippen molar-refractivity contribution in [2.45, 2.75) is 46.4 Å². The van der Waals surface area contributed by atoms with Crippen LogP contribution in [0.4, 0.5) is 21.9 Å². The van der Waals surface area contributed by atoms with Crippen LogP contribution in [0, 0.1) is 0 Å². The molecular weight excluding hydrogens is 581 g/mol. The molecular formula is C31H35Cl2N3O6. The van der Waals surface area contributed by atoms with Gasteiger partial charge in [0.05, 0.1) is 29.1 Å². The number of ether oxygens (including phenoxy) is 3. The molecule has 0 saturated heterocycles. The molecule has 9 nitrogen and oxygen atoms in total. The number of anilines is 3. The molecule has 0 aliphatic carbocycles. The van der Waals surface area contributed by atoms with Gasteiger partial charge in [0.1, 0.15) is 11.4 Å². The highest BCUT2D eigenvalue weighted by Gasteiger charge is 2.37. The molecule has 11 heteroatoms. The van der Waals surface area contributed by atoms with E-state index in [-0.39, 0.29) is 22.0 Å². The van der Waals surface area contributed by atoms with Gasteiger partial charge in [0.25, 0.3) is 12.1 Å². The Morgan fingerprint density at radius 3 is 2.00 bits per heavy atom. The molecule has 42 heavy (non-hydrogen) atoms. The van der Waals surface area contributed by atoms with Crippen LogP contribution < -0.4 is 19.9 Å². The van der Waals surface area contributed by atoms with Crippen molar-refractivity contribution in [3.05, 3.63) is 82.3 Å². The van der Waals surface area contributed by atoms with Gasteiger partial charge >= 0.3 is 12.1 Å². The number of halogens is 2. The molecule has 0 aliphatic heterocycles. The number of amides is 2. The molecule has 0 heterocycles. The van der Waals surface area contributed by atoms with Crippen LogP contribution in [0.1, 0.15) is 45.0 Å². The predicted molar refractivity (Wildman–Crippen MR) is 166 cm³/mol. The van der Waals surface area contributed by atoms with E-state index in [0.29, 0.717) is 10.7 Å². The average Bonchev–Trinajstić information content (AvgIpc) is 2.94. The lowest BCUT2D eigenvalue weighted by atomic mass is 10.2. The summed E-state index contributed by atoms with van der Waals surface area (Å²) in [5.74, 6) is -1.04. The molecule has 0 radical (unpaired) electrons. The Bertz CT molecular complexity index is 1390. The molecule has 3 aromatic carbocycles. The minimum Gasteiger partial charge on any atom is -0.465 e. The lowest BCUT2D eigenvalue weighted by Crippen LogP contribution is -2.52. The Labute approximate surface area is 256 Å². The number of carbonyl (C=O) groups excluding carboxylic acids is 3. The van der Waals surface area contributed by atoms with Crippen LogP contribution in [0.5, 0.6) is 5.75 Å². The first-order chi connectivity index (χ1) is 19.9.